The highest BCUT2D eigenvalue weighted by Crippen LogP contribution is 2.34. The van der Waals surface area contributed by atoms with Gasteiger partial charge in [0.2, 0.25) is 0 Å². The van der Waals surface area contributed by atoms with Crippen LogP contribution < -0.4 is 4.90 Å². The number of amides is 1. The Morgan fingerprint density at radius 3 is 2.21 bits per heavy atom. The number of hydrogen-bond acceptors (Lipinski definition) is 4. The third-order valence-corrected chi connectivity index (χ3v) is 4.21. The Morgan fingerprint density at radius 1 is 1.12 bits per heavy atom. The molecule has 0 saturated carbocycles. The van der Waals surface area contributed by atoms with Crippen molar-refractivity contribution >= 4 is 23.5 Å². The number of fused-ring (bicyclic) bond motifs is 1. The molecule has 0 aromatic heterocycles. The van der Waals surface area contributed by atoms with E-state index in [0.29, 0.717) is 24.2 Å². The second-order valence-corrected chi connectivity index (χ2v) is 5.47. The van der Waals surface area contributed by atoms with Gasteiger partial charge < -0.3 is 20.0 Å². The highest BCUT2D eigenvalue weighted by atomic mass is 16.4. The molecule has 7 heteroatoms. The molecule has 1 aliphatic rings. The predicted octanol–water partition coefficient (Wildman–Crippen LogP) is 1.80. The predicted molar refractivity (Wildman–Crippen MR) is 87.9 cm³/mol. The van der Waals surface area contributed by atoms with E-state index in [1.807, 2.05) is 0 Å². The monoisotopic (exact) mass is 332 g/mol. The summed E-state index contributed by atoms with van der Waals surface area (Å²) in [5, 5.41) is 18.9. The van der Waals surface area contributed by atoms with E-state index in [1.165, 1.54) is 4.90 Å². The van der Waals surface area contributed by atoms with E-state index in [0.717, 1.165) is 0 Å². The molecule has 0 spiro atoms. The number of hydrogen-bond donors (Lipinski definition) is 2. The zero-order valence-corrected chi connectivity index (χ0v) is 13.8. The fourth-order valence-electron chi connectivity index (χ4n) is 3.13. The van der Waals surface area contributed by atoms with Crippen LogP contribution in [0.5, 0.6) is 0 Å². The standard InChI is InChI=1S/C17H20N2O5/c1-4-11-14(13(16(21)22)17(23)24)19(5-2)12-9-7-6-8-10(12)15(20)18(11)3/h6-9,11H,4-5H2,1-3H3,(H,21,22)(H,23,24). The number of carbonyl (C=O) groups is 3. The Morgan fingerprint density at radius 2 is 1.71 bits per heavy atom. The van der Waals surface area contributed by atoms with Crippen molar-refractivity contribution in [3.63, 3.8) is 0 Å². The lowest BCUT2D eigenvalue weighted by molar-refractivity contribution is -0.140. The summed E-state index contributed by atoms with van der Waals surface area (Å²) in [7, 11) is 1.56. The quantitative estimate of drug-likeness (QED) is 0.496. The first kappa shape index (κ1) is 17.5. The van der Waals surface area contributed by atoms with Gasteiger partial charge in [-0.15, -0.1) is 0 Å². The summed E-state index contributed by atoms with van der Waals surface area (Å²) in [6.45, 7) is 3.92. The molecule has 2 rings (SSSR count). The third kappa shape index (κ3) is 2.73. The lowest BCUT2D eigenvalue weighted by Gasteiger charge is -2.33. The summed E-state index contributed by atoms with van der Waals surface area (Å²) >= 11 is 0. The number of carbonyl (C=O) groups excluding carboxylic acids is 1. The van der Waals surface area contributed by atoms with Crippen LogP contribution in [0.1, 0.15) is 30.6 Å². The number of likely N-dealkylation sites (N-methyl/N-ethyl adjacent to an activating group) is 2. The molecule has 0 bridgehead atoms. The van der Waals surface area contributed by atoms with Gasteiger partial charge in [0.1, 0.15) is 0 Å². The molecule has 1 aromatic rings. The number of benzene rings is 1. The number of para-hydroxylation sites is 1. The van der Waals surface area contributed by atoms with Gasteiger partial charge in [-0.05, 0) is 25.5 Å². The normalized spacial score (nSPS) is 17.4. The molecule has 1 unspecified atom stereocenters. The summed E-state index contributed by atoms with van der Waals surface area (Å²) in [6.07, 6.45) is 0.395. The van der Waals surface area contributed by atoms with E-state index < -0.39 is 23.6 Å². The zero-order valence-electron chi connectivity index (χ0n) is 13.8. The average Bonchev–Trinajstić information content (AvgIpc) is 2.62. The maximum absolute atomic E-state index is 12.8. The molecular weight excluding hydrogens is 312 g/mol. The van der Waals surface area contributed by atoms with Gasteiger partial charge in [-0.2, -0.15) is 0 Å². The molecule has 1 aromatic carbocycles. The molecule has 1 amide bonds. The Hall–Kier alpha value is -2.83. The SMILES string of the molecule is CCC1C(=C(C(=O)O)C(=O)O)N(CC)c2ccccc2C(=O)N1C. The molecule has 0 fully saturated rings. The van der Waals surface area contributed by atoms with E-state index in [1.54, 1.807) is 50.1 Å². The summed E-state index contributed by atoms with van der Waals surface area (Å²) < 4.78 is 0. The Kier molecular flexibility index (Phi) is 4.92. The number of aliphatic carboxylic acids is 2. The molecule has 1 aliphatic heterocycles. The molecule has 7 nitrogen and oxygen atoms in total. The van der Waals surface area contributed by atoms with Crippen molar-refractivity contribution in [1.29, 1.82) is 0 Å². The molecule has 0 radical (unpaired) electrons. The zero-order chi connectivity index (χ0) is 18.0. The van der Waals surface area contributed by atoms with E-state index in [-0.39, 0.29) is 11.6 Å². The van der Waals surface area contributed by atoms with Crippen LogP contribution in [0.25, 0.3) is 0 Å². The van der Waals surface area contributed by atoms with Gasteiger partial charge in [-0.25, -0.2) is 9.59 Å². The lowest BCUT2D eigenvalue weighted by atomic mass is 10.0. The highest BCUT2D eigenvalue weighted by molar-refractivity contribution is 6.14. The van der Waals surface area contributed by atoms with Crippen molar-refractivity contribution in [3.05, 3.63) is 41.1 Å². The molecular formula is C17H20N2O5. The third-order valence-electron chi connectivity index (χ3n) is 4.21. The Bertz CT molecular complexity index is 709. The maximum atomic E-state index is 12.8. The first-order valence-electron chi connectivity index (χ1n) is 7.69. The molecule has 1 heterocycles. The minimum absolute atomic E-state index is 0.126. The van der Waals surface area contributed by atoms with Crippen molar-refractivity contribution in [2.75, 3.05) is 18.5 Å². The van der Waals surface area contributed by atoms with Crippen LogP contribution in [0.2, 0.25) is 0 Å². The molecule has 128 valence electrons. The summed E-state index contributed by atoms with van der Waals surface area (Å²) in [5.74, 6) is -3.30. The number of rotatable bonds is 4. The fourth-order valence-corrected chi connectivity index (χ4v) is 3.13. The summed E-state index contributed by atoms with van der Waals surface area (Å²) in [6, 6.07) is 6.17. The van der Waals surface area contributed by atoms with Crippen molar-refractivity contribution in [1.82, 2.24) is 4.90 Å². The Balaban J connectivity index is 2.89. The van der Waals surface area contributed by atoms with Crippen molar-refractivity contribution in [2.24, 2.45) is 0 Å². The first-order chi connectivity index (χ1) is 11.3. The van der Waals surface area contributed by atoms with Crippen LogP contribution in [0, 0.1) is 0 Å². The summed E-state index contributed by atoms with van der Waals surface area (Å²) in [5.41, 5.74) is 0.356. The molecule has 0 aliphatic carbocycles. The van der Waals surface area contributed by atoms with E-state index in [2.05, 4.69) is 0 Å². The van der Waals surface area contributed by atoms with Crippen LogP contribution in [0.15, 0.2) is 35.5 Å². The van der Waals surface area contributed by atoms with Gasteiger partial charge in [0, 0.05) is 13.6 Å². The van der Waals surface area contributed by atoms with Gasteiger partial charge in [-0.3, -0.25) is 4.79 Å². The molecule has 1 atom stereocenters. The smallest absolute Gasteiger partial charge is 0.345 e. The second kappa shape index (κ2) is 6.74. The van der Waals surface area contributed by atoms with Crippen LogP contribution in [-0.4, -0.2) is 52.6 Å². The van der Waals surface area contributed by atoms with Gasteiger partial charge in [0.15, 0.2) is 5.57 Å². The maximum Gasteiger partial charge on any atom is 0.345 e. The lowest BCUT2D eigenvalue weighted by Crippen LogP contribution is -2.42. The van der Waals surface area contributed by atoms with Gasteiger partial charge >= 0.3 is 11.9 Å². The van der Waals surface area contributed by atoms with E-state index in [4.69, 9.17) is 0 Å². The number of anilines is 1. The van der Waals surface area contributed by atoms with Crippen LogP contribution in [-0.2, 0) is 9.59 Å². The van der Waals surface area contributed by atoms with Crippen molar-refractivity contribution in [2.45, 2.75) is 26.3 Å². The minimum atomic E-state index is -1.52. The Labute approximate surface area is 139 Å². The van der Waals surface area contributed by atoms with Crippen LogP contribution >= 0.6 is 0 Å². The highest BCUT2D eigenvalue weighted by Gasteiger charge is 2.38. The van der Waals surface area contributed by atoms with Gasteiger partial charge in [0.05, 0.1) is 23.0 Å². The molecule has 0 saturated heterocycles. The largest absolute Gasteiger partial charge is 0.477 e. The van der Waals surface area contributed by atoms with Crippen molar-refractivity contribution in [3.8, 4) is 0 Å². The molecule has 2 N–H and O–H groups in total. The first-order valence-corrected chi connectivity index (χ1v) is 7.69. The molecule has 24 heavy (non-hydrogen) atoms. The number of carboxylic acids is 2. The van der Waals surface area contributed by atoms with Gasteiger partial charge in [0.25, 0.3) is 5.91 Å². The number of carboxylic acid groups (broad SMARTS) is 2. The average molecular weight is 332 g/mol. The van der Waals surface area contributed by atoms with Gasteiger partial charge in [-0.1, -0.05) is 19.1 Å². The summed E-state index contributed by atoms with van der Waals surface area (Å²) in [4.78, 5) is 39.0. The minimum Gasteiger partial charge on any atom is -0.477 e. The van der Waals surface area contributed by atoms with E-state index in [9.17, 15) is 24.6 Å². The fraction of sp³-hybridized carbons (Fsp3) is 0.353. The van der Waals surface area contributed by atoms with E-state index >= 15 is 0 Å². The second-order valence-electron chi connectivity index (χ2n) is 5.47. The number of nitrogens with zero attached hydrogens (tertiary/aromatic N) is 2. The van der Waals surface area contributed by atoms with Crippen molar-refractivity contribution < 1.29 is 24.6 Å². The van der Waals surface area contributed by atoms with Crippen LogP contribution in [0.3, 0.4) is 0 Å². The van der Waals surface area contributed by atoms with Crippen LogP contribution in [0.4, 0.5) is 5.69 Å². The topological polar surface area (TPSA) is 98.1 Å².